The number of nitrogens with one attached hydrogen (secondary N) is 3. The van der Waals surface area contributed by atoms with E-state index >= 15 is 0 Å². The van der Waals surface area contributed by atoms with Crippen molar-refractivity contribution in [2.24, 2.45) is 5.73 Å². The lowest BCUT2D eigenvalue weighted by Gasteiger charge is -2.08. The van der Waals surface area contributed by atoms with Gasteiger partial charge in [0.05, 0.1) is 46.2 Å². The Hall–Kier alpha value is -2.16. The van der Waals surface area contributed by atoms with Crippen molar-refractivity contribution in [1.82, 2.24) is 16.0 Å². The van der Waals surface area contributed by atoms with Gasteiger partial charge in [0.25, 0.3) is 0 Å². The molecule has 0 saturated carbocycles. The Labute approximate surface area is 208 Å². The van der Waals surface area contributed by atoms with E-state index in [1.165, 1.54) is 0 Å². The van der Waals surface area contributed by atoms with E-state index < -0.39 is 0 Å². The third-order valence-electron chi connectivity index (χ3n) is 3.60. The number of aldehydes is 1. The first-order chi connectivity index (χ1) is 17.0. The number of aliphatic hydroxyl groups excluding tert-OH is 1. The molecule has 35 heavy (non-hydrogen) atoms. The molecule has 208 valence electrons. The van der Waals surface area contributed by atoms with Gasteiger partial charge < -0.3 is 50.5 Å². The second-order valence-electron chi connectivity index (χ2n) is 6.50. The molecule has 0 unspecified atom stereocenters. The molecule has 0 rings (SSSR count). The van der Waals surface area contributed by atoms with Gasteiger partial charge in [0.15, 0.2) is 0 Å². The molecular formula is C22H46N4O9. The van der Waals surface area contributed by atoms with Gasteiger partial charge in [-0.3, -0.25) is 14.4 Å². The maximum Gasteiger partial charge on any atom is 0.246 e. The quantitative estimate of drug-likeness (QED) is 0.0885. The van der Waals surface area contributed by atoms with Gasteiger partial charge in [-0.15, -0.1) is 0 Å². The molecule has 0 aromatic rings. The third-order valence-corrected chi connectivity index (χ3v) is 3.60. The van der Waals surface area contributed by atoms with Crippen LogP contribution in [0.3, 0.4) is 0 Å². The number of aliphatic hydroxyl groups is 1. The molecule has 0 aliphatic rings. The van der Waals surface area contributed by atoms with Crippen LogP contribution in [0.1, 0.15) is 33.1 Å². The van der Waals surface area contributed by atoms with Crippen LogP contribution in [0.15, 0.2) is 0 Å². The summed E-state index contributed by atoms with van der Waals surface area (Å²) >= 11 is 0. The highest BCUT2D eigenvalue weighted by Crippen LogP contribution is 1.83. The summed E-state index contributed by atoms with van der Waals surface area (Å²) in [6.07, 6.45) is 3.43. The number of hydrogen-bond acceptors (Lipinski definition) is 10. The summed E-state index contributed by atoms with van der Waals surface area (Å²) in [4.78, 5) is 43.0. The molecule has 0 fully saturated rings. The van der Waals surface area contributed by atoms with Gasteiger partial charge in [-0.1, -0.05) is 20.3 Å². The SMILES string of the molecule is CCCCNC(=O)CC.CO.NCCOCCOCC(=O)NCCOCCOCC(=O)NCC=O. The first-order valence-corrected chi connectivity index (χ1v) is 11.7. The predicted molar refractivity (Wildman–Crippen MR) is 131 cm³/mol. The van der Waals surface area contributed by atoms with Gasteiger partial charge in [-0.05, 0) is 6.42 Å². The number of hydrogen-bond donors (Lipinski definition) is 5. The van der Waals surface area contributed by atoms with Crippen LogP contribution in [0, 0.1) is 0 Å². The van der Waals surface area contributed by atoms with Gasteiger partial charge in [-0.25, -0.2) is 0 Å². The molecule has 0 aliphatic heterocycles. The summed E-state index contributed by atoms with van der Waals surface area (Å²) in [5.41, 5.74) is 5.25. The summed E-state index contributed by atoms with van der Waals surface area (Å²) in [5, 5.41) is 14.8. The Kier molecular flexibility index (Phi) is 36.3. The van der Waals surface area contributed by atoms with Crippen molar-refractivity contribution < 1.29 is 43.2 Å². The predicted octanol–water partition coefficient (Wildman–Crippen LogP) is -1.64. The number of unbranched alkanes of at least 4 members (excludes halogenated alkanes) is 1. The fourth-order valence-corrected chi connectivity index (χ4v) is 1.90. The zero-order valence-corrected chi connectivity index (χ0v) is 21.5. The molecular weight excluding hydrogens is 464 g/mol. The average molecular weight is 511 g/mol. The normalized spacial score (nSPS) is 9.63. The lowest BCUT2D eigenvalue weighted by atomic mass is 10.3. The third kappa shape index (κ3) is 36.6. The molecule has 0 aliphatic carbocycles. The van der Waals surface area contributed by atoms with Crippen molar-refractivity contribution in [2.45, 2.75) is 33.1 Å². The largest absolute Gasteiger partial charge is 0.400 e. The van der Waals surface area contributed by atoms with Crippen LogP contribution in [-0.2, 0) is 38.1 Å². The van der Waals surface area contributed by atoms with Crippen LogP contribution in [0.2, 0.25) is 0 Å². The van der Waals surface area contributed by atoms with Crippen LogP contribution in [0.4, 0.5) is 0 Å². The highest BCUT2D eigenvalue weighted by Gasteiger charge is 2.01. The van der Waals surface area contributed by atoms with E-state index in [2.05, 4.69) is 22.9 Å². The second kappa shape index (κ2) is 34.0. The zero-order valence-electron chi connectivity index (χ0n) is 21.5. The van der Waals surface area contributed by atoms with Gasteiger partial charge >= 0.3 is 0 Å². The van der Waals surface area contributed by atoms with Crippen molar-refractivity contribution in [3.05, 3.63) is 0 Å². The van der Waals surface area contributed by atoms with Crippen molar-refractivity contribution in [3.63, 3.8) is 0 Å². The number of carbonyl (C=O) groups excluding carboxylic acids is 4. The zero-order chi connectivity index (χ0) is 27.0. The molecule has 0 radical (unpaired) electrons. The van der Waals surface area contributed by atoms with E-state index in [1.54, 1.807) is 0 Å². The van der Waals surface area contributed by atoms with Crippen molar-refractivity contribution in [1.29, 1.82) is 0 Å². The maximum absolute atomic E-state index is 11.4. The van der Waals surface area contributed by atoms with Crippen LogP contribution in [0.5, 0.6) is 0 Å². The lowest BCUT2D eigenvalue weighted by Crippen LogP contribution is -2.31. The first-order valence-electron chi connectivity index (χ1n) is 11.7. The fourth-order valence-electron chi connectivity index (χ4n) is 1.90. The monoisotopic (exact) mass is 510 g/mol. The highest BCUT2D eigenvalue weighted by atomic mass is 16.5. The number of carbonyl (C=O) groups is 4. The van der Waals surface area contributed by atoms with Crippen LogP contribution in [-0.4, -0.2) is 115 Å². The number of rotatable bonds is 21. The highest BCUT2D eigenvalue weighted by molar-refractivity contribution is 5.79. The second-order valence-corrected chi connectivity index (χ2v) is 6.50. The standard InChI is InChI=1S/C14H27N3O7.C7H15NO.CH4O/c15-1-5-21-7-9-23-12-14(20)17-3-6-22-8-10-24-11-13(19)16-2-4-18;1-3-5-6-8-7(9)4-2;1-2/h4H,1-3,5-12,15H2,(H,16,19)(H,17,20);3-6H2,1-2H3,(H,8,9);2H,1H3. The van der Waals surface area contributed by atoms with Crippen LogP contribution < -0.4 is 21.7 Å². The van der Waals surface area contributed by atoms with Crippen molar-refractivity contribution >= 4 is 24.0 Å². The smallest absolute Gasteiger partial charge is 0.246 e. The Morgan fingerprint density at radius 2 is 1.26 bits per heavy atom. The van der Waals surface area contributed by atoms with E-state index in [0.717, 1.165) is 26.5 Å². The maximum atomic E-state index is 11.4. The van der Waals surface area contributed by atoms with Crippen molar-refractivity contribution in [2.75, 3.05) is 86.1 Å². The molecule has 0 spiro atoms. The molecule has 0 aromatic carbocycles. The van der Waals surface area contributed by atoms with E-state index in [1.807, 2.05) is 6.92 Å². The molecule has 6 N–H and O–H groups in total. The Balaban J connectivity index is -0.000000777. The lowest BCUT2D eigenvalue weighted by molar-refractivity contribution is -0.128. The number of ether oxygens (including phenoxy) is 4. The molecule has 0 saturated heterocycles. The molecule has 0 atom stereocenters. The minimum atomic E-state index is -0.359. The topological polar surface area (TPSA) is 188 Å². The molecule has 3 amide bonds. The minimum Gasteiger partial charge on any atom is -0.400 e. The summed E-state index contributed by atoms with van der Waals surface area (Å²) in [7, 11) is 1.00. The van der Waals surface area contributed by atoms with Gasteiger partial charge in [0.2, 0.25) is 17.7 Å². The molecule has 0 bridgehead atoms. The Morgan fingerprint density at radius 1 is 0.743 bits per heavy atom. The van der Waals surface area contributed by atoms with Gasteiger partial charge in [0, 0.05) is 33.2 Å². The van der Waals surface area contributed by atoms with E-state index in [0.29, 0.717) is 58.8 Å². The number of amides is 3. The average Bonchev–Trinajstić information content (AvgIpc) is 2.88. The van der Waals surface area contributed by atoms with Gasteiger partial charge in [0.1, 0.15) is 19.5 Å². The summed E-state index contributed by atoms with van der Waals surface area (Å²) in [5.74, 6) is -0.438. The minimum absolute atomic E-state index is 0.0250. The van der Waals surface area contributed by atoms with E-state index in [-0.39, 0.29) is 44.1 Å². The summed E-state index contributed by atoms with van der Waals surface area (Å²) in [6.45, 7) is 7.51. The molecule has 13 nitrogen and oxygen atoms in total. The Morgan fingerprint density at radius 3 is 1.77 bits per heavy atom. The van der Waals surface area contributed by atoms with Crippen LogP contribution >= 0.6 is 0 Å². The molecule has 0 aromatic heterocycles. The fraction of sp³-hybridized carbons (Fsp3) is 0.818. The van der Waals surface area contributed by atoms with Crippen LogP contribution in [0.25, 0.3) is 0 Å². The molecule has 0 heterocycles. The van der Waals surface area contributed by atoms with E-state index in [9.17, 15) is 19.2 Å². The van der Waals surface area contributed by atoms with Gasteiger partial charge in [-0.2, -0.15) is 0 Å². The summed E-state index contributed by atoms with van der Waals surface area (Å²) in [6, 6.07) is 0. The number of nitrogens with two attached hydrogens (primary N) is 1. The van der Waals surface area contributed by atoms with E-state index in [4.69, 9.17) is 29.8 Å². The first kappa shape index (κ1) is 37.4. The molecule has 13 heteroatoms. The Bertz CT molecular complexity index is 498. The summed E-state index contributed by atoms with van der Waals surface area (Å²) < 4.78 is 20.4. The van der Waals surface area contributed by atoms with Crippen molar-refractivity contribution in [3.8, 4) is 0 Å².